The predicted octanol–water partition coefficient (Wildman–Crippen LogP) is 1.07. The number of urea groups is 1. The van der Waals surface area contributed by atoms with Crippen molar-refractivity contribution in [3.8, 4) is 5.69 Å². The molecule has 4 aromatic rings. The Morgan fingerprint density at radius 3 is 2.53 bits per heavy atom. The fourth-order valence-corrected chi connectivity index (χ4v) is 4.38. The van der Waals surface area contributed by atoms with Crippen LogP contribution in [0, 0.1) is 11.6 Å². The molecule has 186 valence electrons. The van der Waals surface area contributed by atoms with Crippen LogP contribution in [0.25, 0.3) is 5.69 Å². The van der Waals surface area contributed by atoms with E-state index in [-0.39, 0.29) is 18.7 Å². The van der Waals surface area contributed by atoms with Gasteiger partial charge in [0.2, 0.25) is 0 Å². The minimum Gasteiger partial charge on any atom is -0.381 e. The first kappa shape index (κ1) is 23.4. The van der Waals surface area contributed by atoms with Gasteiger partial charge in [0.1, 0.15) is 42.4 Å². The number of nitrogens with zero attached hydrogens (tertiary/aromatic N) is 9. The average molecular weight is 497 g/mol. The Hall–Kier alpha value is -4.30. The maximum absolute atomic E-state index is 14.9. The number of carbonyl (C=O) groups is 1. The van der Waals surface area contributed by atoms with E-state index in [1.165, 1.54) is 40.2 Å². The highest BCUT2D eigenvalue weighted by atomic mass is 19.1. The third-order valence-corrected chi connectivity index (χ3v) is 6.27. The third-order valence-electron chi connectivity index (χ3n) is 6.27. The number of hydrogen-bond acceptors (Lipinski definition) is 8. The number of benzene rings is 2. The molecular formula is C22H21F2N9O3. The summed E-state index contributed by atoms with van der Waals surface area (Å²) in [6.45, 7) is 1.07. The van der Waals surface area contributed by atoms with Crippen molar-refractivity contribution < 1.29 is 23.8 Å². The summed E-state index contributed by atoms with van der Waals surface area (Å²) in [5, 5.41) is 37.6. The standard InChI is InChI=1S/C22H21F2N9O3/c1-14(22(36,10-30-12-25-11-27-30)18-7-2-15(23)8-19(18)24)33-20(34)9-31(21(33)35)16-3-5-17(6-4-16)32-13-26-28-29-32/h2-8,11-14,20,34,36H,9-10H2,1H3/t14-,20-,22+/m1/s1. The molecule has 14 heteroatoms. The highest BCUT2D eigenvalue weighted by molar-refractivity contribution is 5.94. The van der Waals surface area contributed by atoms with Gasteiger partial charge in [-0.15, -0.1) is 5.10 Å². The Kier molecular flexibility index (Phi) is 5.89. The number of hydrogen-bond donors (Lipinski definition) is 2. The minimum atomic E-state index is -2.10. The number of amides is 2. The van der Waals surface area contributed by atoms with Crippen molar-refractivity contribution in [3.05, 3.63) is 78.6 Å². The molecule has 0 aliphatic carbocycles. The minimum absolute atomic E-state index is 0.0985. The Morgan fingerprint density at radius 1 is 1.14 bits per heavy atom. The van der Waals surface area contributed by atoms with Crippen LogP contribution in [0.1, 0.15) is 12.5 Å². The zero-order valence-corrected chi connectivity index (χ0v) is 18.9. The molecule has 2 amide bonds. The molecule has 2 aromatic heterocycles. The molecule has 1 aliphatic heterocycles. The lowest BCUT2D eigenvalue weighted by Gasteiger charge is -2.40. The van der Waals surface area contributed by atoms with E-state index in [2.05, 4.69) is 25.6 Å². The predicted molar refractivity (Wildman–Crippen MR) is 119 cm³/mol. The molecule has 2 N–H and O–H groups in total. The van der Waals surface area contributed by atoms with E-state index in [0.717, 1.165) is 17.0 Å². The molecule has 12 nitrogen and oxygen atoms in total. The first-order chi connectivity index (χ1) is 17.3. The van der Waals surface area contributed by atoms with Crippen LogP contribution >= 0.6 is 0 Å². The van der Waals surface area contributed by atoms with E-state index < -0.39 is 35.5 Å². The second-order valence-corrected chi connectivity index (χ2v) is 8.37. The first-order valence-electron chi connectivity index (χ1n) is 10.9. The van der Waals surface area contributed by atoms with E-state index in [1.54, 1.807) is 24.3 Å². The van der Waals surface area contributed by atoms with Gasteiger partial charge in [0, 0.05) is 17.3 Å². The van der Waals surface area contributed by atoms with Crippen molar-refractivity contribution in [3.63, 3.8) is 0 Å². The topological polar surface area (TPSA) is 138 Å². The molecule has 1 saturated heterocycles. The molecule has 36 heavy (non-hydrogen) atoms. The SMILES string of the molecule is C[C@@H](N1C(=O)N(c2ccc(-n3cnnn3)cc2)C[C@H]1O)[C@@](O)(Cn1cncn1)c1ccc(F)cc1F. The normalized spacial score (nSPS) is 18.5. The molecule has 1 aliphatic rings. The van der Waals surface area contributed by atoms with Gasteiger partial charge in [-0.05, 0) is 47.7 Å². The number of anilines is 1. The van der Waals surface area contributed by atoms with Crippen LogP contribution in [0.2, 0.25) is 0 Å². The number of rotatable bonds is 7. The van der Waals surface area contributed by atoms with Gasteiger partial charge in [-0.1, -0.05) is 6.07 Å². The lowest BCUT2D eigenvalue weighted by molar-refractivity contribution is -0.0822. The van der Waals surface area contributed by atoms with E-state index >= 15 is 0 Å². The van der Waals surface area contributed by atoms with Crippen molar-refractivity contribution in [2.75, 3.05) is 11.4 Å². The van der Waals surface area contributed by atoms with Gasteiger partial charge in [0.05, 0.1) is 24.8 Å². The van der Waals surface area contributed by atoms with Gasteiger partial charge in [-0.2, -0.15) is 5.10 Å². The Labute approximate surface area is 203 Å². The molecule has 0 bridgehead atoms. The first-order valence-corrected chi connectivity index (χ1v) is 10.9. The number of aliphatic hydroxyl groups excluding tert-OH is 1. The lowest BCUT2D eigenvalue weighted by Crippen LogP contribution is -2.55. The maximum atomic E-state index is 14.9. The van der Waals surface area contributed by atoms with Gasteiger partial charge in [-0.25, -0.2) is 27.9 Å². The molecular weight excluding hydrogens is 476 g/mol. The fourth-order valence-electron chi connectivity index (χ4n) is 4.38. The molecule has 0 saturated carbocycles. The van der Waals surface area contributed by atoms with Crippen LogP contribution in [0.15, 0.2) is 61.4 Å². The second-order valence-electron chi connectivity index (χ2n) is 8.37. The molecule has 0 spiro atoms. The van der Waals surface area contributed by atoms with Crippen molar-refractivity contribution in [1.82, 2.24) is 39.9 Å². The van der Waals surface area contributed by atoms with Gasteiger partial charge in [-0.3, -0.25) is 9.80 Å². The Morgan fingerprint density at radius 2 is 1.89 bits per heavy atom. The summed E-state index contributed by atoms with van der Waals surface area (Å²) < 4.78 is 31.2. The van der Waals surface area contributed by atoms with Gasteiger partial charge in [0.15, 0.2) is 0 Å². The smallest absolute Gasteiger partial charge is 0.327 e. The molecule has 0 radical (unpaired) electrons. The summed E-state index contributed by atoms with van der Waals surface area (Å²) in [6.07, 6.45) is 2.66. The van der Waals surface area contributed by atoms with E-state index in [0.29, 0.717) is 17.4 Å². The van der Waals surface area contributed by atoms with Crippen LogP contribution in [-0.4, -0.2) is 74.9 Å². The summed E-state index contributed by atoms with van der Waals surface area (Å²) in [5.41, 5.74) is -1.20. The third kappa shape index (κ3) is 4.05. The molecule has 2 aromatic carbocycles. The summed E-state index contributed by atoms with van der Waals surface area (Å²) in [5.74, 6) is -1.82. The summed E-state index contributed by atoms with van der Waals surface area (Å²) >= 11 is 0. The summed E-state index contributed by atoms with van der Waals surface area (Å²) in [6, 6.07) is 7.74. The molecule has 0 unspecified atom stereocenters. The molecule has 1 fully saturated rings. The van der Waals surface area contributed by atoms with Gasteiger partial charge >= 0.3 is 6.03 Å². The number of tetrazole rings is 1. The Bertz CT molecular complexity index is 1350. The zero-order valence-electron chi connectivity index (χ0n) is 18.9. The molecule has 3 heterocycles. The van der Waals surface area contributed by atoms with Crippen molar-refractivity contribution in [1.29, 1.82) is 0 Å². The second kappa shape index (κ2) is 9.05. The van der Waals surface area contributed by atoms with Crippen LogP contribution in [0.5, 0.6) is 0 Å². The highest BCUT2D eigenvalue weighted by Gasteiger charge is 2.49. The Balaban J connectivity index is 1.46. The maximum Gasteiger partial charge on any atom is 0.327 e. The van der Waals surface area contributed by atoms with E-state index in [4.69, 9.17) is 0 Å². The van der Waals surface area contributed by atoms with Crippen molar-refractivity contribution >= 4 is 11.7 Å². The number of carbonyl (C=O) groups excluding carboxylic acids is 1. The number of aromatic nitrogens is 7. The van der Waals surface area contributed by atoms with Gasteiger partial charge in [0.25, 0.3) is 0 Å². The monoisotopic (exact) mass is 497 g/mol. The summed E-state index contributed by atoms with van der Waals surface area (Å²) in [7, 11) is 0. The summed E-state index contributed by atoms with van der Waals surface area (Å²) in [4.78, 5) is 19.7. The molecule has 5 rings (SSSR count). The van der Waals surface area contributed by atoms with E-state index in [9.17, 15) is 23.8 Å². The van der Waals surface area contributed by atoms with Crippen LogP contribution in [0.4, 0.5) is 19.3 Å². The highest BCUT2D eigenvalue weighted by Crippen LogP contribution is 2.36. The van der Waals surface area contributed by atoms with Crippen LogP contribution < -0.4 is 4.90 Å². The fraction of sp³-hybridized carbons (Fsp3) is 0.273. The van der Waals surface area contributed by atoms with Crippen LogP contribution in [0.3, 0.4) is 0 Å². The molecule has 3 atom stereocenters. The van der Waals surface area contributed by atoms with Gasteiger partial charge < -0.3 is 10.2 Å². The lowest BCUT2D eigenvalue weighted by atomic mass is 9.85. The average Bonchev–Trinajstić information content (AvgIpc) is 3.61. The zero-order chi connectivity index (χ0) is 25.4. The number of β-amino-alcohol motifs (C(OH)–C–C–N with tert-alkyl or cyclic N) is 1. The largest absolute Gasteiger partial charge is 0.381 e. The number of aliphatic hydroxyl groups is 2. The van der Waals surface area contributed by atoms with E-state index in [1.807, 2.05) is 0 Å². The number of halogens is 2. The quantitative estimate of drug-likeness (QED) is 0.387. The van der Waals surface area contributed by atoms with Crippen LogP contribution in [-0.2, 0) is 12.1 Å². The van der Waals surface area contributed by atoms with Crippen molar-refractivity contribution in [2.45, 2.75) is 31.3 Å². The van der Waals surface area contributed by atoms with Crippen molar-refractivity contribution in [2.24, 2.45) is 0 Å².